The van der Waals surface area contributed by atoms with Gasteiger partial charge in [-0.3, -0.25) is 9.59 Å². The van der Waals surface area contributed by atoms with Crippen LogP contribution >= 0.6 is 47.8 Å². The Balaban J connectivity index is 0.000000125. The van der Waals surface area contributed by atoms with E-state index in [1.54, 1.807) is 0 Å². The predicted octanol–water partition coefficient (Wildman–Crippen LogP) is 11.9. The highest BCUT2D eigenvalue weighted by Gasteiger charge is 2.32. The third-order valence-electron chi connectivity index (χ3n) is 8.63. The van der Waals surface area contributed by atoms with Crippen LogP contribution < -0.4 is 0 Å². The van der Waals surface area contributed by atoms with E-state index in [4.69, 9.17) is 8.83 Å². The molecule has 0 aliphatic heterocycles. The van der Waals surface area contributed by atoms with Crippen molar-refractivity contribution in [2.24, 2.45) is 0 Å². The van der Waals surface area contributed by atoms with Crippen molar-refractivity contribution in [3.8, 4) is 22.3 Å². The molecule has 0 amide bonds. The van der Waals surface area contributed by atoms with Crippen LogP contribution in [-0.2, 0) is 0 Å². The molecule has 0 unspecified atom stereocenters. The lowest BCUT2D eigenvalue weighted by atomic mass is 10.0. The second-order valence-corrected chi connectivity index (χ2v) is 13.8. The second-order valence-electron chi connectivity index (χ2n) is 11.1. The van der Waals surface area contributed by atoms with E-state index >= 15 is 0 Å². The van der Waals surface area contributed by atoms with Crippen LogP contribution in [-0.4, -0.2) is 11.6 Å². The first-order valence-corrected chi connectivity index (χ1v) is 16.5. The first-order valence-electron chi connectivity index (χ1n) is 14.2. The summed E-state index contributed by atoms with van der Waals surface area (Å²) in [6.07, 6.45) is 0. The van der Waals surface area contributed by atoms with Gasteiger partial charge in [-0.2, -0.15) is 0 Å². The SMILES string of the molecule is O=C1c2cc(Br)ccc2-c2c1cc(Br)c1c2oc2ccccc21.O=C1c2cc(Br)ccc2-c2c1ccc1c2oc2ccccc21. The summed E-state index contributed by atoms with van der Waals surface area (Å²) in [6, 6.07) is 33.3. The minimum absolute atomic E-state index is 0.0411. The smallest absolute Gasteiger partial charge is 0.194 e. The summed E-state index contributed by atoms with van der Waals surface area (Å²) in [6.45, 7) is 0. The van der Waals surface area contributed by atoms with Crippen LogP contribution in [0.5, 0.6) is 0 Å². The molecule has 10 rings (SSSR count). The first kappa shape index (κ1) is 27.0. The van der Waals surface area contributed by atoms with Gasteiger partial charge in [0.05, 0.1) is 0 Å². The summed E-state index contributed by atoms with van der Waals surface area (Å²) in [5.74, 6) is 0.105. The Hall–Kier alpha value is -4.30. The number of ketones is 2. The predicted molar refractivity (Wildman–Crippen MR) is 188 cm³/mol. The minimum atomic E-state index is 0.0411. The Morgan fingerprint density at radius 1 is 0.444 bits per heavy atom. The number of benzene rings is 6. The molecule has 2 aliphatic carbocycles. The highest BCUT2D eigenvalue weighted by atomic mass is 79.9. The number of para-hydroxylation sites is 2. The molecule has 7 heteroatoms. The zero-order chi connectivity index (χ0) is 30.6. The maximum absolute atomic E-state index is 12.8. The first-order chi connectivity index (χ1) is 21.9. The lowest BCUT2D eigenvalue weighted by molar-refractivity contribution is 0.103. The molecular formula is C38H17Br3O4. The van der Waals surface area contributed by atoms with Crippen molar-refractivity contribution >= 4 is 103 Å². The summed E-state index contributed by atoms with van der Waals surface area (Å²) in [5.41, 5.74) is 9.81. The lowest BCUT2D eigenvalue weighted by Crippen LogP contribution is -1.95. The Morgan fingerprint density at radius 3 is 1.67 bits per heavy atom. The average molecular weight is 777 g/mol. The van der Waals surface area contributed by atoms with Crippen LogP contribution in [0.3, 0.4) is 0 Å². The van der Waals surface area contributed by atoms with E-state index in [1.807, 2.05) is 103 Å². The van der Waals surface area contributed by atoms with Crippen LogP contribution in [0, 0.1) is 0 Å². The number of furan rings is 2. The van der Waals surface area contributed by atoms with Crippen LogP contribution in [0.15, 0.2) is 125 Å². The van der Waals surface area contributed by atoms with Crippen molar-refractivity contribution in [3.05, 3.63) is 139 Å². The molecule has 0 atom stereocenters. The number of rotatable bonds is 0. The summed E-state index contributed by atoms with van der Waals surface area (Å²) < 4.78 is 14.9. The Bertz CT molecular complexity index is 2630. The van der Waals surface area contributed by atoms with E-state index in [1.165, 1.54) is 0 Å². The normalized spacial score (nSPS) is 12.9. The zero-order valence-corrected chi connectivity index (χ0v) is 27.8. The van der Waals surface area contributed by atoms with Crippen molar-refractivity contribution < 1.29 is 18.4 Å². The summed E-state index contributed by atoms with van der Waals surface area (Å²) in [4.78, 5) is 25.4. The molecule has 0 N–H and O–H groups in total. The molecule has 2 aromatic heterocycles. The van der Waals surface area contributed by atoms with Gasteiger partial charge in [-0.1, -0.05) is 80.4 Å². The molecule has 0 radical (unpaired) electrons. The van der Waals surface area contributed by atoms with Gasteiger partial charge in [-0.05, 0) is 81.7 Å². The molecule has 214 valence electrons. The van der Waals surface area contributed by atoms with E-state index in [-0.39, 0.29) is 11.6 Å². The quantitative estimate of drug-likeness (QED) is 0.154. The van der Waals surface area contributed by atoms with Crippen LogP contribution in [0.4, 0.5) is 0 Å². The zero-order valence-electron chi connectivity index (χ0n) is 23.1. The van der Waals surface area contributed by atoms with E-state index in [2.05, 4.69) is 47.8 Å². The number of hydrogen-bond donors (Lipinski definition) is 0. The maximum atomic E-state index is 12.8. The third kappa shape index (κ3) is 3.87. The van der Waals surface area contributed by atoms with Crippen LogP contribution in [0.2, 0.25) is 0 Å². The topological polar surface area (TPSA) is 60.4 Å². The minimum Gasteiger partial charge on any atom is -0.455 e. The number of hydrogen-bond acceptors (Lipinski definition) is 4. The summed E-state index contributed by atoms with van der Waals surface area (Å²) in [7, 11) is 0. The van der Waals surface area contributed by atoms with E-state index in [0.717, 1.165) is 90.7 Å². The fourth-order valence-electron chi connectivity index (χ4n) is 6.68. The van der Waals surface area contributed by atoms with Crippen molar-refractivity contribution in [2.45, 2.75) is 0 Å². The molecule has 0 fully saturated rings. The molecule has 2 aliphatic rings. The van der Waals surface area contributed by atoms with Crippen LogP contribution in [0.1, 0.15) is 31.8 Å². The lowest BCUT2D eigenvalue weighted by Gasteiger charge is -2.03. The van der Waals surface area contributed by atoms with E-state index < -0.39 is 0 Å². The van der Waals surface area contributed by atoms with Crippen molar-refractivity contribution in [3.63, 3.8) is 0 Å². The number of halogens is 3. The molecule has 4 nitrogen and oxygen atoms in total. The molecule has 6 aromatic carbocycles. The maximum Gasteiger partial charge on any atom is 0.194 e. The van der Waals surface area contributed by atoms with Gasteiger partial charge in [0.2, 0.25) is 0 Å². The molecule has 8 aromatic rings. The molecular weight excluding hydrogens is 760 g/mol. The Morgan fingerprint density at radius 2 is 0.978 bits per heavy atom. The van der Waals surface area contributed by atoms with Gasteiger partial charge in [-0.15, -0.1) is 0 Å². The summed E-state index contributed by atoms with van der Waals surface area (Å²) in [5, 5.41) is 4.20. The molecule has 0 saturated heterocycles. The van der Waals surface area contributed by atoms with Gasteiger partial charge < -0.3 is 8.83 Å². The molecule has 0 saturated carbocycles. The second kappa shape index (κ2) is 9.85. The highest BCUT2D eigenvalue weighted by Crippen LogP contribution is 2.48. The van der Waals surface area contributed by atoms with Gasteiger partial charge in [0.1, 0.15) is 22.3 Å². The summed E-state index contributed by atoms with van der Waals surface area (Å²) >= 11 is 10.5. The van der Waals surface area contributed by atoms with Gasteiger partial charge in [0.25, 0.3) is 0 Å². The number of carbonyl (C=O) groups is 2. The third-order valence-corrected chi connectivity index (χ3v) is 10.2. The molecule has 0 spiro atoms. The fourth-order valence-corrected chi connectivity index (χ4v) is 8.02. The van der Waals surface area contributed by atoms with Gasteiger partial charge in [0.15, 0.2) is 11.6 Å². The highest BCUT2D eigenvalue weighted by molar-refractivity contribution is 9.11. The van der Waals surface area contributed by atoms with E-state index in [0.29, 0.717) is 11.1 Å². The molecule has 45 heavy (non-hydrogen) atoms. The monoisotopic (exact) mass is 774 g/mol. The Labute approximate surface area is 281 Å². The Kier molecular flexibility index (Phi) is 5.92. The van der Waals surface area contributed by atoms with Crippen molar-refractivity contribution in [1.29, 1.82) is 0 Å². The van der Waals surface area contributed by atoms with Gasteiger partial charge in [0, 0.05) is 68.3 Å². The molecule has 0 bridgehead atoms. The van der Waals surface area contributed by atoms with Crippen molar-refractivity contribution in [1.82, 2.24) is 0 Å². The van der Waals surface area contributed by atoms with Gasteiger partial charge >= 0.3 is 0 Å². The molecule has 2 heterocycles. The standard InChI is InChI=1S/C19H8Br2O2.C19H9BrO2/c20-9-5-6-10-12(7-9)18(22)13-8-14(21)17-11-3-1-2-4-15(11)23-19(17)16(10)13;20-10-5-6-12-15(9-10)18(21)14-8-7-13-11-3-1-2-4-16(11)22-19(13)17(12)14/h1-8H;1-9H. The number of fused-ring (bicyclic) bond motifs is 14. The fraction of sp³-hybridized carbons (Fsp3) is 0. The van der Waals surface area contributed by atoms with E-state index in [9.17, 15) is 9.59 Å². The number of carbonyl (C=O) groups excluding carboxylic acids is 2. The van der Waals surface area contributed by atoms with Crippen LogP contribution in [0.25, 0.3) is 66.1 Å². The largest absolute Gasteiger partial charge is 0.455 e. The van der Waals surface area contributed by atoms with Gasteiger partial charge in [-0.25, -0.2) is 0 Å². The van der Waals surface area contributed by atoms with Crippen molar-refractivity contribution in [2.75, 3.05) is 0 Å². The average Bonchev–Trinajstić information content (AvgIpc) is 3.77.